The van der Waals surface area contributed by atoms with Gasteiger partial charge in [0.15, 0.2) is 0 Å². The molecule has 4 heteroatoms. The Morgan fingerprint density at radius 2 is 2.11 bits per heavy atom. The van der Waals surface area contributed by atoms with Crippen molar-refractivity contribution in [3.05, 3.63) is 23.7 Å². The lowest BCUT2D eigenvalue weighted by Gasteiger charge is -2.26. The molecule has 4 nitrogen and oxygen atoms in total. The van der Waals surface area contributed by atoms with Gasteiger partial charge in [-0.3, -0.25) is 4.90 Å². The summed E-state index contributed by atoms with van der Waals surface area (Å²) in [5.74, 6) is 2.13. The van der Waals surface area contributed by atoms with E-state index in [9.17, 15) is 0 Å². The van der Waals surface area contributed by atoms with E-state index in [0.717, 1.165) is 44.2 Å². The van der Waals surface area contributed by atoms with Gasteiger partial charge < -0.3 is 14.6 Å². The van der Waals surface area contributed by atoms with E-state index in [4.69, 9.17) is 4.42 Å². The first-order chi connectivity index (χ1) is 9.19. The number of furan rings is 1. The Balaban J connectivity index is 1.90. The summed E-state index contributed by atoms with van der Waals surface area (Å²) in [6, 6.07) is 4.80. The van der Waals surface area contributed by atoms with Gasteiger partial charge >= 0.3 is 0 Å². The fraction of sp³-hybridized carbons (Fsp3) is 0.733. The number of hydrogen-bond acceptors (Lipinski definition) is 4. The van der Waals surface area contributed by atoms with Crippen LogP contribution in [0.3, 0.4) is 0 Å². The molecule has 2 heterocycles. The van der Waals surface area contributed by atoms with Crippen molar-refractivity contribution < 1.29 is 4.42 Å². The number of rotatable bonds is 5. The Hall–Kier alpha value is -0.840. The SMILES string of the molecule is CCNCc1ccc(CN2CCCN(C)CC2C)o1. The standard InChI is InChI=1S/C15H27N3O/c1-4-16-10-14-6-7-15(19-14)12-18-9-5-8-17(3)11-13(18)2/h6-7,13,16H,4-5,8-12H2,1-3H3. The van der Waals surface area contributed by atoms with Crippen molar-refractivity contribution in [2.75, 3.05) is 33.2 Å². The Bertz CT molecular complexity index is 377. The largest absolute Gasteiger partial charge is 0.463 e. The zero-order valence-electron chi connectivity index (χ0n) is 12.5. The molecule has 1 N–H and O–H groups in total. The summed E-state index contributed by atoms with van der Waals surface area (Å²) < 4.78 is 5.89. The maximum Gasteiger partial charge on any atom is 0.118 e. The molecule has 1 aromatic rings. The normalized spacial score (nSPS) is 22.6. The smallest absolute Gasteiger partial charge is 0.118 e. The molecule has 1 aliphatic rings. The number of hydrogen-bond donors (Lipinski definition) is 1. The monoisotopic (exact) mass is 265 g/mol. The third-order valence-electron chi connectivity index (χ3n) is 3.81. The van der Waals surface area contributed by atoms with Crippen LogP contribution in [-0.2, 0) is 13.1 Å². The Morgan fingerprint density at radius 3 is 2.89 bits per heavy atom. The third kappa shape index (κ3) is 4.34. The molecule has 0 radical (unpaired) electrons. The summed E-state index contributed by atoms with van der Waals surface area (Å²) in [7, 11) is 2.21. The maximum atomic E-state index is 5.89. The van der Waals surface area contributed by atoms with Crippen molar-refractivity contribution in [1.82, 2.24) is 15.1 Å². The van der Waals surface area contributed by atoms with Gasteiger partial charge in [-0.15, -0.1) is 0 Å². The van der Waals surface area contributed by atoms with Gasteiger partial charge in [-0.2, -0.15) is 0 Å². The van der Waals surface area contributed by atoms with Crippen LogP contribution in [0.1, 0.15) is 31.8 Å². The molecule has 2 rings (SSSR count). The van der Waals surface area contributed by atoms with Gasteiger partial charge in [-0.25, -0.2) is 0 Å². The van der Waals surface area contributed by atoms with Crippen LogP contribution in [-0.4, -0.2) is 49.1 Å². The van der Waals surface area contributed by atoms with Crippen LogP contribution < -0.4 is 5.32 Å². The van der Waals surface area contributed by atoms with E-state index in [2.05, 4.69) is 48.1 Å². The first-order valence-corrected chi connectivity index (χ1v) is 7.40. The Kier molecular flexibility index (Phi) is 5.43. The number of nitrogens with one attached hydrogen (secondary N) is 1. The highest BCUT2D eigenvalue weighted by Gasteiger charge is 2.20. The average molecular weight is 265 g/mol. The number of nitrogens with zero attached hydrogens (tertiary/aromatic N) is 2. The second-order valence-electron chi connectivity index (χ2n) is 5.58. The first-order valence-electron chi connectivity index (χ1n) is 7.40. The molecule has 108 valence electrons. The molecule has 1 unspecified atom stereocenters. The van der Waals surface area contributed by atoms with Gasteiger partial charge in [0.05, 0.1) is 13.1 Å². The molecule has 1 fully saturated rings. The Morgan fingerprint density at radius 1 is 1.32 bits per heavy atom. The van der Waals surface area contributed by atoms with Crippen molar-refractivity contribution in [2.45, 2.75) is 39.4 Å². The van der Waals surface area contributed by atoms with Crippen molar-refractivity contribution in [2.24, 2.45) is 0 Å². The fourth-order valence-electron chi connectivity index (χ4n) is 2.71. The molecular formula is C15H27N3O. The zero-order chi connectivity index (χ0) is 13.7. The molecule has 0 saturated carbocycles. The van der Waals surface area contributed by atoms with E-state index in [-0.39, 0.29) is 0 Å². The lowest BCUT2D eigenvalue weighted by molar-refractivity contribution is 0.180. The molecule has 0 aromatic carbocycles. The second kappa shape index (κ2) is 7.08. The fourth-order valence-corrected chi connectivity index (χ4v) is 2.71. The molecule has 1 aliphatic heterocycles. The summed E-state index contributed by atoms with van der Waals surface area (Å²) in [6.07, 6.45) is 1.24. The van der Waals surface area contributed by atoms with Gasteiger partial charge in [0.25, 0.3) is 0 Å². The highest BCUT2D eigenvalue weighted by atomic mass is 16.3. The third-order valence-corrected chi connectivity index (χ3v) is 3.81. The lowest BCUT2D eigenvalue weighted by atomic mass is 10.2. The summed E-state index contributed by atoms with van der Waals surface area (Å²) in [4.78, 5) is 4.95. The van der Waals surface area contributed by atoms with E-state index in [0.29, 0.717) is 6.04 Å². The molecule has 0 bridgehead atoms. The molecule has 0 aliphatic carbocycles. The molecule has 1 aromatic heterocycles. The van der Waals surface area contributed by atoms with E-state index in [1.807, 2.05) is 0 Å². The topological polar surface area (TPSA) is 31.6 Å². The van der Waals surface area contributed by atoms with Crippen molar-refractivity contribution >= 4 is 0 Å². The highest BCUT2D eigenvalue weighted by molar-refractivity contribution is 5.07. The highest BCUT2D eigenvalue weighted by Crippen LogP contribution is 2.15. The predicted molar refractivity (Wildman–Crippen MR) is 78.1 cm³/mol. The van der Waals surface area contributed by atoms with Gasteiger partial charge in [-0.1, -0.05) is 6.92 Å². The average Bonchev–Trinajstić information content (AvgIpc) is 2.76. The quantitative estimate of drug-likeness (QED) is 0.881. The summed E-state index contributed by atoms with van der Waals surface area (Å²) in [5, 5.41) is 3.29. The minimum Gasteiger partial charge on any atom is -0.463 e. The molecule has 0 spiro atoms. The van der Waals surface area contributed by atoms with Crippen LogP contribution in [0.25, 0.3) is 0 Å². The molecule has 1 saturated heterocycles. The van der Waals surface area contributed by atoms with Gasteiger partial charge in [0.2, 0.25) is 0 Å². The minimum absolute atomic E-state index is 0.592. The van der Waals surface area contributed by atoms with Crippen molar-refractivity contribution in [1.29, 1.82) is 0 Å². The van der Waals surface area contributed by atoms with E-state index in [1.54, 1.807) is 0 Å². The molecule has 19 heavy (non-hydrogen) atoms. The van der Waals surface area contributed by atoms with Crippen LogP contribution in [0.2, 0.25) is 0 Å². The van der Waals surface area contributed by atoms with Crippen LogP contribution in [0.5, 0.6) is 0 Å². The summed E-state index contributed by atoms with van der Waals surface area (Å²) in [6.45, 7) is 10.7. The first kappa shape index (κ1) is 14.6. The second-order valence-corrected chi connectivity index (χ2v) is 5.58. The van der Waals surface area contributed by atoms with Crippen LogP contribution in [0.4, 0.5) is 0 Å². The van der Waals surface area contributed by atoms with Gasteiger partial charge in [0.1, 0.15) is 11.5 Å². The predicted octanol–water partition coefficient (Wildman–Crippen LogP) is 1.92. The van der Waals surface area contributed by atoms with Crippen LogP contribution >= 0.6 is 0 Å². The maximum absolute atomic E-state index is 5.89. The Labute approximate surface area is 116 Å². The van der Waals surface area contributed by atoms with Gasteiger partial charge in [0, 0.05) is 19.1 Å². The zero-order valence-corrected chi connectivity index (χ0v) is 12.5. The van der Waals surface area contributed by atoms with Crippen molar-refractivity contribution in [3.8, 4) is 0 Å². The van der Waals surface area contributed by atoms with E-state index < -0.39 is 0 Å². The van der Waals surface area contributed by atoms with Crippen molar-refractivity contribution in [3.63, 3.8) is 0 Å². The van der Waals surface area contributed by atoms with E-state index in [1.165, 1.54) is 13.0 Å². The molecule has 1 atom stereocenters. The van der Waals surface area contributed by atoms with Crippen LogP contribution in [0.15, 0.2) is 16.5 Å². The summed E-state index contributed by atoms with van der Waals surface area (Å²) >= 11 is 0. The minimum atomic E-state index is 0.592. The van der Waals surface area contributed by atoms with Gasteiger partial charge in [-0.05, 0) is 45.6 Å². The summed E-state index contributed by atoms with van der Waals surface area (Å²) in [5.41, 5.74) is 0. The molecular weight excluding hydrogens is 238 g/mol. The lowest BCUT2D eigenvalue weighted by Crippen LogP contribution is -2.37. The molecule has 0 amide bonds. The van der Waals surface area contributed by atoms with Crippen LogP contribution in [0, 0.1) is 0 Å². The van der Waals surface area contributed by atoms with E-state index >= 15 is 0 Å². The number of likely N-dealkylation sites (N-methyl/N-ethyl adjacent to an activating group) is 1.